The zero-order valence-electron chi connectivity index (χ0n) is 24.6. The first-order valence-corrected chi connectivity index (χ1v) is 14.2. The Bertz CT molecular complexity index is 747. The number of esters is 1. The van der Waals surface area contributed by atoms with Gasteiger partial charge < -0.3 is 15.4 Å². The van der Waals surface area contributed by atoms with Crippen molar-refractivity contribution < 1.29 is 19.1 Å². The Morgan fingerprint density at radius 1 is 0.861 bits per heavy atom. The molecule has 1 heterocycles. The van der Waals surface area contributed by atoms with Crippen LogP contribution in [0.4, 0.5) is 0 Å². The lowest BCUT2D eigenvalue weighted by atomic mass is 9.84. The van der Waals surface area contributed by atoms with E-state index in [0.29, 0.717) is 23.3 Å². The van der Waals surface area contributed by atoms with E-state index in [1.165, 1.54) is 0 Å². The maximum Gasteiger partial charge on any atom is 0.329 e. The Balaban J connectivity index is 3.22. The van der Waals surface area contributed by atoms with E-state index >= 15 is 0 Å². The average molecular weight is 507 g/mol. The van der Waals surface area contributed by atoms with Crippen molar-refractivity contribution in [3.8, 4) is 0 Å². The SMILES string of the molecule is CCC(C)C1NC(=O)C(C(C)C)NC(=O)/C(C)=C/C(C)CC(C)CC(C)CC(C)CCC(C)OC1=O. The third kappa shape index (κ3) is 11.0. The number of amides is 2. The molecule has 2 N–H and O–H groups in total. The summed E-state index contributed by atoms with van der Waals surface area (Å²) >= 11 is 0. The molecule has 0 aromatic carbocycles. The van der Waals surface area contributed by atoms with Gasteiger partial charge in [-0.2, -0.15) is 0 Å². The van der Waals surface area contributed by atoms with Gasteiger partial charge in [0, 0.05) is 5.57 Å². The molecule has 0 radical (unpaired) electrons. The van der Waals surface area contributed by atoms with E-state index in [-0.39, 0.29) is 35.7 Å². The second-order valence-electron chi connectivity index (χ2n) is 12.2. The quantitative estimate of drug-likeness (QED) is 0.457. The molecule has 1 rings (SSSR count). The Labute approximate surface area is 220 Å². The van der Waals surface area contributed by atoms with Crippen LogP contribution in [-0.2, 0) is 19.1 Å². The molecule has 0 aliphatic carbocycles. The van der Waals surface area contributed by atoms with E-state index in [0.717, 1.165) is 38.5 Å². The fourth-order valence-corrected chi connectivity index (χ4v) is 5.44. The smallest absolute Gasteiger partial charge is 0.329 e. The molecule has 0 spiro atoms. The highest BCUT2D eigenvalue weighted by Crippen LogP contribution is 2.27. The summed E-state index contributed by atoms with van der Waals surface area (Å²) in [5, 5.41) is 5.82. The number of cyclic esters (lactones) is 1. The molecule has 0 saturated heterocycles. The van der Waals surface area contributed by atoms with E-state index < -0.39 is 18.1 Å². The van der Waals surface area contributed by atoms with Crippen LogP contribution in [0.3, 0.4) is 0 Å². The van der Waals surface area contributed by atoms with Crippen molar-refractivity contribution in [2.24, 2.45) is 35.5 Å². The van der Waals surface area contributed by atoms with Crippen molar-refractivity contribution in [1.82, 2.24) is 10.6 Å². The van der Waals surface area contributed by atoms with Gasteiger partial charge in [0.15, 0.2) is 0 Å². The van der Waals surface area contributed by atoms with Gasteiger partial charge in [-0.25, -0.2) is 4.79 Å². The van der Waals surface area contributed by atoms with Crippen molar-refractivity contribution in [3.63, 3.8) is 0 Å². The zero-order valence-corrected chi connectivity index (χ0v) is 24.6. The highest BCUT2D eigenvalue weighted by molar-refractivity contribution is 5.97. The third-order valence-corrected chi connectivity index (χ3v) is 7.66. The van der Waals surface area contributed by atoms with Crippen molar-refractivity contribution >= 4 is 17.8 Å². The first kappa shape index (κ1) is 32.2. The molecule has 8 atom stereocenters. The highest BCUT2D eigenvalue weighted by Gasteiger charge is 2.33. The Hall–Kier alpha value is -1.85. The van der Waals surface area contributed by atoms with Crippen LogP contribution in [0.5, 0.6) is 0 Å². The van der Waals surface area contributed by atoms with Crippen molar-refractivity contribution in [3.05, 3.63) is 11.6 Å². The number of nitrogens with one attached hydrogen (secondary N) is 2. The van der Waals surface area contributed by atoms with Gasteiger partial charge in [0.05, 0.1) is 6.10 Å². The molecule has 0 aromatic heterocycles. The fraction of sp³-hybridized carbons (Fsp3) is 0.833. The highest BCUT2D eigenvalue weighted by atomic mass is 16.5. The molecule has 6 nitrogen and oxygen atoms in total. The van der Waals surface area contributed by atoms with Crippen LogP contribution in [-0.4, -0.2) is 36.0 Å². The topological polar surface area (TPSA) is 84.5 Å². The normalized spacial score (nSPS) is 35.1. The summed E-state index contributed by atoms with van der Waals surface area (Å²) in [6.07, 6.45) is 7.69. The number of hydrogen-bond donors (Lipinski definition) is 2. The van der Waals surface area contributed by atoms with Gasteiger partial charge in [0.2, 0.25) is 11.8 Å². The summed E-state index contributed by atoms with van der Waals surface area (Å²) in [6.45, 7) is 20.5. The lowest BCUT2D eigenvalue weighted by Gasteiger charge is -2.29. The van der Waals surface area contributed by atoms with Crippen LogP contribution in [0, 0.1) is 35.5 Å². The van der Waals surface area contributed by atoms with Crippen LogP contribution in [0.1, 0.15) is 108 Å². The minimum absolute atomic E-state index is 0.0840. The zero-order chi connectivity index (χ0) is 27.6. The number of carbonyl (C=O) groups excluding carboxylic acids is 3. The lowest BCUT2D eigenvalue weighted by Crippen LogP contribution is -2.55. The van der Waals surface area contributed by atoms with Crippen molar-refractivity contribution in [2.75, 3.05) is 0 Å². The summed E-state index contributed by atoms with van der Waals surface area (Å²) in [7, 11) is 0. The minimum atomic E-state index is -0.746. The van der Waals surface area contributed by atoms with Gasteiger partial charge in [0.1, 0.15) is 12.1 Å². The van der Waals surface area contributed by atoms with Gasteiger partial charge in [0.25, 0.3) is 0 Å². The molecule has 2 amide bonds. The first-order chi connectivity index (χ1) is 16.7. The average Bonchev–Trinajstić information content (AvgIpc) is 2.77. The molecule has 6 heteroatoms. The molecule has 0 aromatic rings. The van der Waals surface area contributed by atoms with Crippen LogP contribution in [0.25, 0.3) is 0 Å². The predicted molar refractivity (Wildman–Crippen MR) is 147 cm³/mol. The summed E-state index contributed by atoms with van der Waals surface area (Å²) in [4.78, 5) is 39.4. The van der Waals surface area contributed by atoms with E-state index in [9.17, 15) is 14.4 Å². The Kier molecular flexibility index (Phi) is 13.8. The second kappa shape index (κ2) is 15.4. The van der Waals surface area contributed by atoms with E-state index in [2.05, 4.69) is 38.3 Å². The van der Waals surface area contributed by atoms with Gasteiger partial charge in [-0.1, -0.05) is 67.9 Å². The fourth-order valence-electron chi connectivity index (χ4n) is 5.44. The van der Waals surface area contributed by atoms with Crippen molar-refractivity contribution in [1.29, 1.82) is 0 Å². The maximum absolute atomic E-state index is 13.3. The first-order valence-electron chi connectivity index (χ1n) is 14.2. The minimum Gasteiger partial charge on any atom is -0.461 e. The van der Waals surface area contributed by atoms with Gasteiger partial charge >= 0.3 is 5.97 Å². The van der Waals surface area contributed by atoms with E-state index in [1.807, 2.05) is 47.6 Å². The van der Waals surface area contributed by atoms with Gasteiger partial charge in [-0.3, -0.25) is 9.59 Å². The molecule has 36 heavy (non-hydrogen) atoms. The number of hydrogen-bond acceptors (Lipinski definition) is 4. The Morgan fingerprint density at radius 2 is 1.44 bits per heavy atom. The molecule has 1 aliphatic heterocycles. The molecule has 1 aliphatic rings. The molecular formula is C30H54N2O4. The van der Waals surface area contributed by atoms with E-state index in [1.54, 1.807) is 0 Å². The monoisotopic (exact) mass is 506 g/mol. The number of rotatable bonds is 3. The van der Waals surface area contributed by atoms with Crippen LogP contribution in [0.2, 0.25) is 0 Å². The molecular weight excluding hydrogens is 452 g/mol. The van der Waals surface area contributed by atoms with E-state index in [4.69, 9.17) is 4.74 Å². The van der Waals surface area contributed by atoms with Crippen LogP contribution in [0.15, 0.2) is 11.6 Å². The van der Waals surface area contributed by atoms with Crippen molar-refractivity contribution in [2.45, 2.75) is 126 Å². The standard InChI is InChI=1S/C30H54N2O4/c1-11-23(8)27-30(35)36-25(10)13-12-19(4)14-20(5)15-21(6)16-22(7)17-24(9)28(33)31-26(18(2)3)29(34)32-27/h17-23,25-27H,11-16H2,1-10H3,(H,31,33)(H,32,34)/b24-17+. The Morgan fingerprint density at radius 3 is 2.03 bits per heavy atom. The molecule has 8 unspecified atom stereocenters. The summed E-state index contributed by atoms with van der Waals surface area (Å²) in [5.74, 6) is 0.815. The molecule has 0 saturated carbocycles. The van der Waals surface area contributed by atoms with Crippen LogP contribution < -0.4 is 10.6 Å². The molecule has 0 bridgehead atoms. The summed E-state index contributed by atoms with van der Waals surface area (Å²) in [5.41, 5.74) is 0.621. The third-order valence-electron chi connectivity index (χ3n) is 7.66. The molecule has 208 valence electrons. The lowest BCUT2D eigenvalue weighted by molar-refractivity contribution is -0.154. The number of ether oxygens (including phenoxy) is 1. The van der Waals surface area contributed by atoms with Gasteiger partial charge in [-0.15, -0.1) is 0 Å². The predicted octanol–water partition coefficient (Wildman–Crippen LogP) is 6.04. The number of carbonyl (C=O) groups is 3. The maximum atomic E-state index is 13.3. The molecule has 0 fully saturated rings. The second-order valence-corrected chi connectivity index (χ2v) is 12.2. The number of allylic oxidation sites excluding steroid dienone is 1. The summed E-state index contributed by atoms with van der Waals surface area (Å²) < 4.78 is 5.80. The van der Waals surface area contributed by atoms with Crippen LogP contribution >= 0.6 is 0 Å². The van der Waals surface area contributed by atoms with Gasteiger partial charge in [-0.05, 0) is 81.5 Å². The summed E-state index contributed by atoms with van der Waals surface area (Å²) in [6, 6.07) is -1.48. The largest absolute Gasteiger partial charge is 0.461 e.